The predicted molar refractivity (Wildman–Crippen MR) is 101 cm³/mol. The van der Waals surface area contributed by atoms with E-state index in [0.29, 0.717) is 40.9 Å². The van der Waals surface area contributed by atoms with E-state index in [2.05, 4.69) is 0 Å². The first kappa shape index (κ1) is 18.7. The van der Waals surface area contributed by atoms with Crippen molar-refractivity contribution in [2.24, 2.45) is 0 Å². The van der Waals surface area contributed by atoms with Crippen LogP contribution >= 0.6 is 22.9 Å². The number of carbonyl (C=O) groups is 2. The van der Waals surface area contributed by atoms with Gasteiger partial charge in [0.25, 0.3) is 5.91 Å². The van der Waals surface area contributed by atoms with Gasteiger partial charge in [0.2, 0.25) is 0 Å². The van der Waals surface area contributed by atoms with Crippen LogP contribution in [0, 0.1) is 0 Å². The number of aryl methyl sites for hydroxylation is 1. The summed E-state index contributed by atoms with van der Waals surface area (Å²) in [6.07, 6.45) is 1.68. The van der Waals surface area contributed by atoms with Crippen LogP contribution in [0.1, 0.15) is 43.8 Å². The van der Waals surface area contributed by atoms with E-state index in [1.807, 2.05) is 6.07 Å². The molecule has 1 aliphatic heterocycles. The molecule has 0 unspecified atom stereocenters. The van der Waals surface area contributed by atoms with Gasteiger partial charge in [-0.15, -0.1) is 11.3 Å². The van der Waals surface area contributed by atoms with Crippen molar-refractivity contribution in [2.45, 2.75) is 26.3 Å². The highest BCUT2D eigenvalue weighted by Gasteiger charge is 2.25. The molecular formula is C19H20ClNO4S. The zero-order chi connectivity index (χ0) is 18.7. The summed E-state index contributed by atoms with van der Waals surface area (Å²) in [6, 6.07) is 6.87. The highest BCUT2D eigenvalue weighted by Crippen LogP contribution is 2.30. The summed E-state index contributed by atoms with van der Waals surface area (Å²) < 4.78 is 10.4. The maximum absolute atomic E-state index is 13.0. The summed E-state index contributed by atoms with van der Waals surface area (Å²) in [5, 5.41) is 0.491. The Kier molecular flexibility index (Phi) is 5.84. The topological polar surface area (TPSA) is 55.8 Å². The van der Waals surface area contributed by atoms with Gasteiger partial charge in [-0.2, -0.15) is 0 Å². The molecule has 0 N–H and O–H groups in total. The van der Waals surface area contributed by atoms with Gasteiger partial charge >= 0.3 is 5.97 Å². The van der Waals surface area contributed by atoms with Crippen molar-refractivity contribution >= 4 is 34.8 Å². The standard InChI is InChI=1S/C19H20ClNO4S/c1-3-25-19(23)17-9-12-11-21(8-4-5-16(12)26-17)18(22)14-10-13(20)6-7-15(14)24-2/h6-7,9-10H,3-5,8,11H2,1-2H3. The average Bonchev–Trinajstić information content (AvgIpc) is 2.93. The molecule has 1 aromatic heterocycles. The van der Waals surface area contributed by atoms with Gasteiger partial charge in [-0.05, 0) is 49.6 Å². The quantitative estimate of drug-likeness (QED) is 0.731. The number of benzene rings is 1. The van der Waals surface area contributed by atoms with Crippen molar-refractivity contribution in [3.05, 3.63) is 50.2 Å². The van der Waals surface area contributed by atoms with Crippen LogP contribution in [0.3, 0.4) is 0 Å². The van der Waals surface area contributed by atoms with Crippen LogP contribution in [0.5, 0.6) is 5.75 Å². The van der Waals surface area contributed by atoms with Crippen LogP contribution in [0.25, 0.3) is 0 Å². The van der Waals surface area contributed by atoms with E-state index < -0.39 is 0 Å². The van der Waals surface area contributed by atoms with Gasteiger partial charge in [0.15, 0.2) is 0 Å². The summed E-state index contributed by atoms with van der Waals surface area (Å²) in [6.45, 7) is 3.24. The lowest BCUT2D eigenvalue weighted by Gasteiger charge is -2.22. The van der Waals surface area contributed by atoms with E-state index in [4.69, 9.17) is 21.1 Å². The van der Waals surface area contributed by atoms with E-state index in [9.17, 15) is 9.59 Å². The fourth-order valence-corrected chi connectivity index (χ4v) is 4.30. The van der Waals surface area contributed by atoms with E-state index in [1.54, 1.807) is 30.0 Å². The minimum absolute atomic E-state index is 0.124. The Labute approximate surface area is 161 Å². The Balaban J connectivity index is 1.86. The molecule has 0 fully saturated rings. The van der Waals surface area contributed by atoms with Gasteiger partial charge in [0.05, 0.1) is 19.3 Å². The first-order chi connectivity index (χ1) is 12.5. The van der Waals surface area contributed by atoms with Crippen LogP contribution < -0.4 is 4.74 Å². The second kappa shape index (κ2) is 8.10. The summed E-state index contributed by atoms with van der Waals surface area (Å²) >= 11 is 7.52. The first-order valence-corrected chi connectivity index (χ1v) is 9.64. The number of fused-ring (bicyclic) bond motifs is 1. The summed E-state index contributed by atoms with van der Waals surface area (Å²) in [5.74, 6) is 0.0717. The van der Waals surface area contributed by atoms with E-state index in [0.717, 1.165) is 23.3 Å². The van der Waals surface area contributed by atoms with Gasteiger partial charge in [0.1, 0.15) is 10.6 Å². The highest BCUT2D eigenvalue weighted by molar-refractivity contribution is 7.14. The SMILES string of the molecule is CCOC(=O)c1cc2c(s1)CCCN(C(=O)c1cc(Cl)ccc1OC)C2. The molecule has 0 atom stereocenters. The number of halogens is 1. The lowest BCUT2D eigenvalue weighted by Crippen LogP contribution is -2.31. The molecule has 26 heavy (non-hydrogen) atoms. The third-order valence-electron chi connectivity index (χ3n) is 4.25. The molecule has 0 saturated carbocycles. The predicted octanol–water partition coefficient (Wildman–Crippen LogP) is 4.18. The van der Waals surface area contributed by atoms with Crippen LogP contribution in [-0.4, -0.2) is 37.0 Å². The van der Waals surface area contributed by atoms with Crippen LogP contribution in [0.15, 0.2) is 24.3 Å². The van der Waals surface area contributed by atoms with Gasteiger partial charge in [-0.3, -0.25) is 4.79 Å². The lowest BCUT2D eigenvalue weighted by atomic mass is 10.1. The zero-order valence-electron chi connectivity index (χ0n) is 14.7. The van der Waals surface area contributed by atoms with Crippen molar-refractivity contribution < 1.29 is 19.1 Å². The smallest absolute Gasteiger partial charge is 0.348 e. The maximum atomic E-state index is 13.0. The molecule has 1 amide bonds. The second-order valence-electron chi connectivity index (χ2n) is 5.95. The Bertz CT molecular complexity index is 833. The molecule has 0 spiro atoms. The van der Waals surface area contributed by atoms with Gasteiger partial charge in [-0.1, -0.05) is 11.6 Å². The van der Waals surface area contributed by atoms with Crippen molar-refractivity contribution in [1.29, 1.82) is 0 Å². The van der Waals surface area contributed by atoms with Crippen molar-refractivity contribution in [1.82, 2.24) is 4.90 Å². The van der Waals surface area contributed by atoms with Gasteiger partial charge < -0.3 is 14.4 Å². The molecule has 7 heteroatoms. The van der Waals surface area contributed by atoms with Gasteiger partial charge in [-0.25, -0.2) is 4.79 Å². The van der Waals surface area contributed by atoms with Crippen LogP contribution in [-0.2, 0) is 17.7 Å². The Morgan fingerprint density at radius 1 is 1.31 bits per heavy atom. The zero-order valence-corrected chi connectivity index (χ0v) is 16.3. The second-order valence-corrected chi connectivity index (χ2v) is 7.53. The average molecular weight is 394 g/mol. The van der Waals surface area contributed by atoms with Crippen molar-refractivity contribution in [3.8, 4) is 5.75 Å². The number of thiophene rings is 1. The largest absolute Gasteiger partial charge is 0.496 e. The Hall–Kier alpha value is -2.05. The van der Waals surface area contributed by atoms with Gasteiger partial charge in [0, 0.05) is 23.0 Å². The van der Waals surface area contributed by atoms with E-state index in [-0.39, 0.29) is 11.9 Å². The fourth-order valence-electron chi connectivity index (χ4n) is 3.02. The monoisotopic (exact) mass is 393 g/mol. The highest BCUT2D eigenvalue weighted by atomic mass is 35.5. The molecule has 2 aromatic rings. The minimum Gasteiger partial charge on any atom is -0.496 e. The van der Waals surface area contributed by atoms with Crippen molar-refractivity contribution in [3.63, 3.8) is 0 Å². The lowest BCUT2D eigenvalue weighted by molar-refractivity contribution is 0.0532. The number of amides is 1. The molecule has 0 aliphatic carbocycles. The van der Waals surface area contributed by atoms with Crippen molar-refractivity contribution in [2.75, 3.05) is 20.3 Å². The maximum Gasteiger partial charge on any atom is 0.348 e. The van der Waals surface area contributed by atoms with Crippen LogP contribution in [0.4, 0.5) is 0 Å². The summed E-state index contributed by atoms with van der Waals surface area (Å²) in [7, 11) is 1.53. The van der Waals surface area contributed by atoms with E-state index in [1.165, 1.54) is 18.4 Å². The van der Waals surface area contributed by atoms with Crippen LogP contribution in [0.2, 0.25) is 5.02 Å². The number of rotatable bonds is 4. The molecule has 0 radical (unpaired) electrons. The number of carbonyl (C=O) groups excluding carboxylic acids is 2. The molecular weight excluding hydrogens is 374 g/mol. The number of esters is 1. The molecule has 3 rings (SSSR count). The number of hydrogen-bond donors (Lipinski definition) is 0. The fraction of sp³-hybridized carbons (Fsp3) is 0.368. The summed E-state index contributed by atoms with van der Waals surface area (Å²) in [5.41, 5.74) is 1.45. The van der Waals surface area contributed by atoms with E-state index >= 15 is 0 Å². The Morgan fingerprint density at radius 3 is 2.85 bits per heavy atom. The Morgan fingerprint density at radius 2 is 2.12 bits per heavy atom. The minimum atomic E-state index is -0.306. The molecule has 1 aromatic carbocycles. The molecule has 5 nitrogen and oxygen atoms in total. The molecule has 2 heterocycles. The normalized spacial score (nSPS) is 13.7. The third kappa shape index (κ3) is 3.86. The molecule has 1 aliphatic rings. The number of nitrogens with zero attached hydrogens (tertiary/aromatic N) is 1. The first-order valence-electron chi connectivity index (χ1n) is 8.45. The number of hydrogen-bond acceptors (Lipinski definition) is 5. The number of ether oxygens (including phenoxy) is 2. The number of methoxy groups -OCH3 is 1. The summed E-state index contributed by atoms with van der Waals surface area (Å²) in [4.78, 5) is 28.5. The molecule has 0 bridgehead atoms. The third-order valence-corrected chi connectivity index (χ3v) is 5.70. The molecule has 138 valence electrons. The molecule has 0 saturated heterocycles.